The van der Waals surface area contributed by atoms with E-state index in [1.807, 2.05) is 79.7 Å². The maximum Gasteiger partial charge on any atom is 0.796 e. The molecule has 8 nitrogen and oxygen atoms in total. The van der Waals surface area contributed by atoms with Crippen LogP contribution in [-0.2, 0) is 60.7 Å². The summed E-state index contributed by atoms with van der Waals surface area (Å²) >= 11 is 0. The molecule has 0 atom stereocenters. The van der Waals surface area contributed by atoms with Crippen molar-refractivity contribution in [3.8, 4) is 23.7 Å². The quantitative estimate of drug-likeness (QED) is 0.0176. The van der Waals surface area contributed by atoms with Crippen molar-refractivity contribution >= 4 is 38.0 Å². The number of aryl methyl sites for hydroxylation is 2. The van der Waals surface area contributed by atoms with E-state index in [2.05, 4.69) is 43.6 Å². The molecule has 0 saturated carbocycles. The summed E-state index contributed by atoms with van der Waals surface area (Å²) in [6.45, 7) is 15.5. The molecule has 4 aromatic heterocycles. The van der Waals surface area contributed by atoms with Crippen LogP contribution in [0.5, 0.6) is 0 Å². The number of hydrogen-bond donors (Lipinski definition) is 4. The number of carbonyl (C=O) groups excluding carboxylic acids is 2. The van der Waals surface area contributed by atoms with Gasteiger partial charge >= 0.3 is 14.9 Å². The molecular weight excluding hydrogens is 794 g/mol. The zero-order valence-corrected chi connectivity index (χ0v) is 36.6. The Hall–Kier alpha value is -6.27. The molecule has 322 valence electrons. The largest absolute Gasteiger partial charge is 0.796 e. The van der Waals surface area contributed by atoms with E-state index in [9.17, 15) is 26.9 Å². The van der Waals surface area contributed by atoms with Crippen LogP contribution < -0.4 is 0 Å². The molecule has 14 heteroatoms. The summed E-state index contributed by atoms with van der Waals surface area (Å²) in [5.41, 5.74) is 10.4. The topological polar surface area (TPSA) is 116 Å². The molecule has 0 spiro atoms. The fraction of sp³-hybridized carbons (Fsp3) is 0.333. The van der Waals surface area contributed by atoms with Gasteiger partial charge in [0.15, 0.2) is 0 Å². The van der Waals surface area contributed by atoms with Gasteiger partial charge in [0.1, 0.15) is 11.5 Å². The standard InChI is InChI=1S/C48H52B2F4N4O4/c1-9-31-27-55-47(33(31)11-3)43(61-49(51)52)25-41(59)45-37(15-7)35(13-5)39(57-45)22-20-29-18-17-19-30(24-29)21-23-40-36(14-6)38(16-8)46(58-40)42(60)26-44(62-50(53)54)48-34(12-4)32(10-2)28-56-48/h17-19,24-28,55-58H,9-16H2,1-8H3/b43-25-,44-26-. The number of carbonyl (C=O) groups is 2. The Balaban J connectivity index is 1.47. The first kappa shape index (κ1) is 46.8. The Morgan fingerprint density at radius 3 is 1.23 bits per heavy atom. The molecule has 4 heterocycles. The summed E-state index contributed by atoms with van der Waals surface area (Å²) < 4.78 is 64.3. The van der Waals surface area contributed by atoms with Crippen LogP contribution in [0.15, 0.2) is 48.8 Å². The smallest absolute Gasteiger partial charge is 0.503 e. The van der Waals surface area contributed by atoms with E-state index >= 15 is 0 Å². The van der Waals surface area contributed by atoms with E-state index in [0.29, 0.717) is 85.3 Å². The molecule has 0 unspecified atom stereocenters. The molecule has 0 radical (unpaired) electrons. The highest BCUT2D eigenvalue weighted by Gasteiger charge is 2.28. The lowest BCUT2D eigenvalue weighted by Gasteiger charge is -2.10. The number of ketones is 2. The summed E-state index contributed by atoms with van der Waals surface area (Å²) in [5, 5.41) is 0. The molecule has 0 aliphatic heterocycles. The second-order valence-corrected chi connectivity index (χ2v) is 14.4. The second kappa shape index (κ2) is 21.5. The molecule has 0 saturated heterocycles. The Morgan fingerprint density at radius 2 is 0.903 bits per heavy atom. The lowest BCUT2D eigenvalue weighted by molar-refractivity contribution is 0.103. The van der Waals surface area contributed by atoms with E-state index in [4.69, 9.17) is 9.31 Å². The maximum absolute atomic E-state index is 13.8. The van der Waals surface area contributed by atoms with Crippen molar-refractivity contribution in [3.05, 3.63) is 139 Å². The van der Waals surface area contributed by atoms with Crippen molar-refractivity contribution in [2.24, 2.45) is 0 Å². The minimum absolute atomic E-state index is 0.227. The van der Waals surface area contributed by atoms with Crippen LogP contribution in [0, 0.1) is 23.7 Å². The average molecular weight is 847 g/mol. The monoisotopic (exact) mass is 846 g/mol. The molecule has 0 amide bonds. The maximum atomic E-state index is 13.8. The molecule has 1 aromatic carbocycles. The van der Waals surface area contributed by atoms with Crippen molar-refractivity contribution in [2.75, 3.05) is 0 Å². The molecule has 0 aliphatic carbocycles. The van der Waals surface area contributed by atoms with Gasteiger partial charge < -0.3 is 29.2 Å². The van der Waals surface area contributed by atoms with E-state index < -0.39 is 26.5 Å². The number of benzene rings is 1. The lowest BCUT2D eigenvalue weighted by atomic mass is 10.0. The molecule has 5 aromatic rings. The minimum atomic E-state index is -3.13. The van der Waals surface area contributed by atoms with Crippen LogP contribution in [0.3, 0.4) is 0 Å². The van der Waals surface area contributed by atoms with Gasteiger partial charge in [0.2, 0.25) is 11.6 Å². The van der Waals surface area contributed by atoms with Crippen LogP contribution in [0.4, 0.5) is 17.3 Å². The summed E-state index contributed by atoms with van der Waals surface area (Å²) in [5.74, 6) is 11.3. The van der Waals surface area contributed by atoms with Crippen LogP contribution in [0.2, 0.25) is 0 Å². The molecular formula is C48H52B2F4N4O4. The molecule has 0 aliphatic rings. The summed E-state index contributed by atoms with van der Waals surface area (Å²) in [6.07, 6.45) is 10.4. The van der Waals surface area contributed by atoms with E-state index in [1.54, 1.807) is 12.4 Å². The number of nitrogens with one attached hydrogen (secondary N) is 4. The number of aromatic amines is 4. The molecule has 5 rings (SSSR count). The first-order valence-electron chi connectivity index (χ1n) is 21.3. The Labute approximate surface area is 362 Å². The van der Waals surface area contributed by atoms with Crippen LogP contribution >= 0.6 is 0 Å². The van der Waals surface area contributed by atoms with Gasteiger partial charge in [-0.2, -0.15) is 0 Å². The highest BCUT2D eigenvalue weighted by atomic mass is 19.2. The van der Waals surface area contributed by atoms with Gasteiger partial charge in [0, 0.05) is 35.7 Å². The van der Waals surface area contributed by atoms with Crippen LogP contribution in [0.25, 0.3) is 11.5 Å². The third-order valence-corrected chi connectivity index (χ3v) is 10.9. The minimum Gasteiger partial charge on any atom is -0.503 e. The average Bonchev–Trinajstić information content (AvgIpc) is 4.05. The first-order chi connectivity index (χ1) is 29.9. The van der Waals surface area contributed by atoms with E-state index in [0.717, 1.165) is 56.7 Å². The van der Waals surface area contributed by atoms with E-state index in [-0.39, 0.29) is 22.9 Å². The van der Waals surface area contributed by atoms with Crippen LogP contribution in [-0.4, -0.2) is 46.4 Å². The van der Waals surface area contributed by atoms with Crippen molar-refractivity contribution in [1.29, 1.82) is 0 Å². The third kappa shape index (κ3) is 10.4. The second-order valence-electron chi connectivity index (χ2n) is 14.4. The number of H-pyrrole nitrogens is 4. The van der Waals surface area contributed by atoms with Crippen molar-refractivity contribution in [1.82, 2.24) is 19.9 Å². The lowest BCUT2D eigenvalue weighted by Crippen LogP contribution is -2.09. The normalized spacial score (nSPS) is 11.5. The zero-order valence-electron chi connectivity index (χ0n) is 36.6. The summed E-state index contributed by atoms with van der Waals surface area (Å²) in [7, 11) is -6.25. The fourth-order valence-corrected chi connectivity index (χ4v) is 8.07. The number of aromatic nitrogens is 4. The molecule has 0 fully saturated rings. The fourth-order valence-electron chi connectivity index (χ4n) is 8.07. The Kier molecular flexibility index (Phi) is 16.2. The number of rotatable bonds is 18. The highest BCUT2D eigenvalue weighted by molar-refractivity contribution is 6.36. The molecule has 4 N–H and O–H groups in total. The predicted octanol–water partition coefficient (Wildman–Crippen LogP) is 10.6. The zero-order chi connectivity index (χ0) is 45.1. The molecule has 0 bridgehead atoms. The van der Waals surface area contributed by atoms with Crippen molar-refractivity contribution in [3.63, 3.8) is 0 Å². The SMILES string of the molecule is CCc1c[nH]c(/C(=C/C(=O)c2[nH]c(C#Cc3cccc(C#Cc4[nH]c(C(=O)/C=C(\OB(F)F)c5[nH]cc(CC)c5CC)c(CC)c4CC)c3)c(CC)c2CC)OB(F)F)c1CC. The molecule has 62 heavy (non-hydrogen) atoms. The van der Waals surface area contributed by atoms with Crippen LogP contribution in [0.1, 0.15) is 155 Å². The highest BCUT2D eigenvalue weighted by Crippen LogP contribution is 2.29. The first-order valence-corrected chi connectivity index (χ1v) is 21.3. The van der Waals surface area contributed by atoms with Gasteiger partial charge in [-0.3, -0.25) is 9.59 Å². The van der Waals surface area contributed by atoms with Crippen molar-refractivity contribution in [2.45, 2.75) is 107 Å². The summed E-state index contributed by atoms with van der Waals surface area (Å²) in [6, 6.07) is 7.33. The number of halogens is 4. The van der Waals surface area contributed by atoms with Gasteiger partial charge in [-0.05, 0) is 126 Å². The van der Waals surface area contributed by atoms with Gasteiger partial charge in [0.25, 0.3) is 0 Å². The third-order valence-electron chi connectivity index (χ3n) is 10.9. The number of hydrogen-bond acceptors (Lipinski definition) is 4. The van der Waals surface area contributed by atoms with E-state index in [1.165, 1.54) is 0 Å². The van der Waals surface area contributed by atoms with Gasteiger partial charge in [-0.1, -0.05) is 73.3 Å². The van der Waals surface area contributed by atoms with Crippen molar-refractivity contribution < 1.29 is 36.2 Å². The predicted molar refractivity (Wildman–Crippen MR) is 239 cm³/mol. The summed E-state index contributed by atoms with van der Waals surface area (Å²) in [4.78, 5) is 40.0. The number of allylic oxidation sites excluding steroid dienone is 2. The Bertz CT molecular complexity index is 2430. The Morgan fingerprint density at radius 1 is 0.532 bits per heavy atom. The van der Waals surface area contributed by atoms with Gasteiger partial charge in [-0.15, -0.1) is 0 Å². The van der Waals surface area contributed by atoms with Gasteiger partial charge in [0.05, 0.1) is 34.2 Å². The van der Waals surface area contributed by atoms with Gasteiger partial charge in [-0.25, -0.2) is 17.3 Å².